The second kappa shape index (κ2) is 13.6. The van der Waals surface area contributed by atoms with E-state index in [1.54, 1.807) is 11.1 Å². The molecule has 0 saturated carbocycles. The molecule has 0 unspecified atom stereocenters. The number of aryl methyl sites for hydroxylation is 1. The van der Waals surface area contributed by atoms with Crippen LogP contribution in [0.25, 0.3) is 0 Å². The molecule has 2 aromatic carbocycles. The van der Waals surface area contributed by atoms with Crippen molar-refractivity contribution >= 4 is 48.1 Å². The molecule has 0 bridgehead atoms. The molecule has 1 fully saturated rings. The van der Waals surface area contributed by atoms with Gasteiger partial charge in [0, 0.05) is 48.2 Å². The van der Waals surface area contributed by atoms with Gasteiger partial charge in [-0.15, -0.1) is 24.8 Å². The Kier molecular flexibility index (Phi) is 10.6. The number of halogens is 3. The van der Waals surface area contributed by atoms with Crippen molar-refractivity contribution in [3.63, 3.8) is 0 Å². The van der Waals surface area contributed by atoms with E-state index in [2.05, 4.69) is 9.88 Å². The lowest BCUT2D eigenvalue weighted by Crippen LogP contribution is -2.50. The summed E-state index contributed by atoms with van der Waals surface area (Å²) in [6.07, 6.45) is 1.78. The fourth-order valence-corrected chi connectivity index (χ4v) is 4.51. The number of aromatic nitrogens is 3. The zero-order valence-corrected chi connectivity index (χ0v) is 23.4. The molecule has 3 heterocycles. The van der Waals surface area contributed by atoms with Crippen molar-refractivity contribution in [2.24, 2.45) is 0 Å². The van der Waals surface area contributed by atoms with Crippen LogP contribution in [0, 0.1) is 6.92 Å². The lowest BCUT2D eigenvalue weighted by atomic mass is 10.2. The minimum atomic E-state index is 0. The summed E-state index contributed by atoms with van der Waals surface area (Å²) in [5, 5.41) is 5.41. The number of piperazine rings is 1. The van der Waals surface area contributed by atoms with E-state index in [0.717, 1.165) is 34.8 Å². The van der Waals surface area contributed by atoms with Crippen LogP contribution in [0.2, 0.25) is 5.02 Å². The molecule has 1 saturated heterocycles. The first-order valence-electron chi connectivity index (χ1n) is 12.0. The number of ether oxygens (including phenoxy) is 1. The SMILES string of the molecule is Cc1cc(N2CCN(Cc3ccccn3)CC2=O)nn1Cc1cc(Cl)ccc1OCc1ccccc1.Cl.Cl. The molecule has 10 heteroatoms. The fourth-order valence-electron chi connectivity index (χ4n) is 4.31. The smallest absolute Gasteiger partial charge is 0.242 e. The van der Waals surface area contributed by atoms with Gasteiger partial charge in [0.2, 0.25) is 5.91 Å². The first-order valence-corrected chi connectivity index (χ1v) is 12.4. The van der Waals surface area contributed by atoms with Crippen LogP contribution in [0.4, 0.5) is 5.82 Å². The van der Waals surface area contributed by atoms with Crippen LogP contribution in [0.15, 0.2) is 79.0 Å². The third-order valence-electron chi connectivity index (χ3n) is 6.24. The molecule has 200 valence electrons. The lowest BCUT2D eigenvalue weighted by Gasteiger charge is -2.32. The molecular weight excluding hydrogens is 545 g/mol. The maximum atomic E-state index is 13.0. The van der Waals surface area contributed by atoms with E-state index in [1.165, 1.54) is 0 Å². The number of anilines is 1. The Bertz CT molecular complexity index is 1340. The van der Waals surface area contributed by atoms with E-state index >= 15 is 0 Å². The van der Waals surface area contributed by atoms with Crippen LogP contribution in [0.1, 0.15) is 22.5 Å². The maximum Gasteiger partial charge on any atom is 0.242 e. The van der Waals surface area contributed by atoms with Crippen LogP contribution in [0.5, 0.6) is 5.75 Å². The average molecular weight is 575 g/mol. The Balaban J connectivity index is 0.00000200. The summed E-state index contributed by atoms with van der Waals surface area (Å²) in [7, 11) is 0. The van der Waals surface area contributed by atoms with Crippen molar-refractivity contribution in [1.82, 2.24) is 19.7 Å². The molecule has 38 heavy (non-hydrogen) atoms. The second-order valence-corrected chi connectivity index (χ2v) is 9.34. The molecule has 0 aliphatic carbocycles. The number of rotatable bonds is 8. The van der Waals surface area contributed by atoms with Crippen LogP contribution >= 0.6 is 36.4 Å². The molecule has 1 aliphatic heterocycles. The number of benzene rings is 2. The minimum Gasteiger partial charge on any atom is -0.489 e. The Hall–Kier alpha value is -3.10. The Morgan fingerprint density at radius 1 is 0.947 bits per heavy atom. The van der Waals surface area contributed by atoms with Crippen LogP contribution in [-0.4, -0.2) is 45.2 Å². The summed E-state index contributed by atoms with van der Waals surface area (Å²) in [5.74, 6) is 1.47. The number of amides is 1. The first kappa shape index (κ1) is 29.5. The summed E-state index contributed by atoms with van der Waals surface area (Å²) in [4.78, 5) is 21.2. The Morgan fingerprint density at radius 3 is 2.47 bits per heavy atom. The van der Waals surface area contributed by atoms with Crippen molar-refractivity contribution in [1.29, 1.82) is 0 Å². The molecular formula is C28H30Cl3N5O2. The van der Waals surface area contributed by atoms with Crippen molar-refractivity contribution in [3.8, 4) is 5.75 Å². The van der Waals surface area contributed by atoms with Crippen molar-refractivity contribution in [2.45, 2.75) is 26.6 Å². The molecule has 5 rings (SSSR count). The number of pyridine rings is 1. The number of carbonyl (C=O) groups excluding carboxylic acids is 1. The first-order chi connectivity index (χ1) is 17.5. The van der Waals surface area contributed by atoms with Gasteiger partial charge in [-0.2, -0.15) is 5.10 Å². The Labute approximate surface area is 240 Å². The van der Waals surface area contributed by atoms with E-state index in [1.807, 2.05) is 84.4 Å². The van der Waals surface area contributed by atoms with Gasteiger partial charge in [0.25, 0.3) is 0 Å². The largest absolute Gasteiger partial charge is 0.489 e. The van der Waals surface area contributed by atoms with Gasteiger partial charge in [0.1, 0.15) is 12.4 Å². The summed E-state index contributed by atoms with van der Waals surface area (Å²) in [5.41, 5.74) is 3.95. The number of hydrogen-bond donors (Lipinski definition) is 0. The molecule has 0 N–H and O–H groups in total. The van der Waals surface area contributed by atoms with Gasteiger partial charge in [-0.25, -0.2) is 0 Å². The van der Waals surface area contributed by atoms with E-state index in [4.69, 9.17) is 21.4 Å². The summed E-state index contributed by atoms with van der Waals surface area (Å²) < 4.78 is 8.01. The highest BCUT2D eigenvalue weighted by atomic mass is 35.5. The van der Waals surface area contributed by atoms with Gasteiger partial charge in [-0.3, -0.25) is 24.3 Å². The predicted molar refractivity (Wildman–Crippen MR) is 155 cm³/mol. The van der Waals surface area contributed by atoms with Gasteiger partial charge in [-0.1, -0.05) is 48.0 Å². The quantitative estimate of drug-likeness (QED) is 0.276. The summed E-state index contributed by atoms with van der Waals surface area (Å²) in [6.45, 7) is 5.31. The zero-order valence-electron chi connectivity index (χ0n) is 21.0. The number of hydrogen-bond acceptors (Lipinski definition) is 5. The minimum absolute atomic E-state index is 0. The standard InChI is InChI=1S/C28H28ClN5O2.2ClH/c1-21-15-27(33-14-13-32(19-28(33)35)18-25-9-5-6-12-30-25)31-34(21)17-23-16-24(29)10-11-26(23)36-20-22-7-3-2-4-8-22;;/h2-12,15-16H,13-14,17-20H2,1H3;2*1H. The molecule has 0 spiro atoms. The molecule has 0 atom stereocenters. The monoisotopic (exact) mass is 573 g/mol. The molecule has 4 aromatic rings. The van der Waals surface area contributed by atoms with E-state index in [9.17, 15) is 4.79 Å². The van der Waals surface area contributed by atoms with Gasteiger partial charge >= 0.3 is 0 Å². The van der Waals surface area contributed by atoms with Crippen LogP contribution < -0.4 is 9.64 Å². The highest BCUT2D eigenvalue weighted by Gasteiger charge is 2.27. The van der Waals surface area contributed by atoms with E-state index in [0.29, 0.717) is 43.6 Å². The molecule has 1 amide bonds. The Morgan fingerprint density at radius 2 is 1.74 bits per heavy atom. The third kappa shape index (κ3) is 7.26. The molecule has 2 aromatic heterocycles. The van der Waals surface area contributed by atoms with Crippen LogP contribution in [0.3, 0.4) is 0 Å². The predicted octanol–water partition coefficient (Wildman–Crippen LogP) is 5.56. The second-order valence-electron chi connectivity index (χ2n) is 8.90. The van der Waals surface area contributed by atoms with Gasteiger partial charge in [0.15, 0.2) is 5.82 Å². The molecule has 7 nitrogen and oxygen atoms in total. The zero-order chi connectivity index (χ0) is 24.9. The topological polar surface area (TPSA) is 63.5 Å². The van der Waals surface area contributed by atoms with E-state index < -0.39 is 0 Å². The number of carbonyl (C=O) groups is 1. The summed E-state index contributed by atoms with van der Waals surface area (Å²) >= 11 is 6.31. The van der Waals surface area contributed by atoms with Gasteiger partial charge in [-0.05, 0) is 42.8 Å². The number of nitrogens with zero attached hydrogens (tertiary/aromatic N) is 5. The highest BCUT2D eigenvalue weighted by Crippen LogP contribution is 2.26. The lowest BCUT2D eigenvalue weighted by molar-refractivity contribution is -0.121. The summed E-state index contributed by atoms with van der Waals surface area (Å²) in [6, 6.07) is 23.5. The fraction of sp³-hybridized carbons (Fsp3) is 0.250. The van der Waals surface area contributed by atoms with Crippen molar-refractivity contribution in [3.05, 3.63) is 107 Å². The van der Waals surface area contributed by atoms with Crippen molar-refractivity contribution in [2.75, 3.05) is 24.5 Å². The normalized spacial score (nSPS) is 13.5. The third-order valence-corrected chi connectivity index (χ3v) is 6.47. The van der Waals surface area contributed by atoms with E-state index in [-0.39, 0.29) is 30.7 Å². The van der Waals surface area contributed by atoms with Crippen LogP contribution in [-0.2, 0) is 24.5 Å². The average Bonchev–Trinajstić information content (AvgIpc) is 3.24. The molecule has 1 aliphatic rings. The molecule has 0 radical (unpaired) electrons. The van der Waals surface area contributed by atoms with Gasteiger partial charge in [0.05, 0.1) is 18.8 Å². The van der Waals surface area contributed by atoms with Gasteiger partial charge < -0.3 is 4.74 Å². The maximum absolute atomic E-state index is 13.0. The highest BCUT2D eigenvalue weighted by molar-refractivity contribution is 6.30. The van der Waals surface area contributed by atoms with Crippen molar-refractivity contribution < 1.29 is 9.53 Å².